The van der Waals surface area contributed by atoms with Gasteiger partial charge in [-0.25, -0.2) is 4.98 Å². The fourth-order valence-corrected chi connectivity index (χ4v) is 9.85. The molecule has 3 heterocycles. The molecule has 0 saturated carbocycles. The van der Waals surface area contributed by atoms with Crippen molar-refractivity contribution in [1.82, 2.24) is 24.1 Å². The summed E-state index contributed by atoms with van der Waals surface area (Å²) in [6.07, 6.45) is 0. The van der Waals surface area contributed by atoms with Crippen molar-refractivity contribution in [1.29, 1.82) is 0 Å². The zero-order valence-corrected chi connectivity index (χ0v) is 34.6. The van der Waals surface area contributed by atoms with E-state index in [-0.39, 0.29) is 0 Å². The standard InChI is InChI=1S/C59H37N5/c1-4-16-38(17-5-1)39-28-32-44(33-29-39)63-51-27-15-14-26-48(51)56-47-25-13-12-24-46(47)49(37-54(56)63)43-31-34-52-50(36-43)55-45-23-11-10-18-40(45)30-35-53(55)64(52)59-61-57(41-19-6-2-7-20-41)60-58(62-59)42-21-8-3-9-22-42/h1-37H. The Bertz CT molecular complexity index is 3870. The molecule has 0 aliphatic carbocycles. The normalized spacial score (nSPS) is 11.8. The Balaban J connectivity index is 1.08. The molecular formula is C59H37N5. The van der Waals surface area contributed by atoms with Gasteiger partial charge in [0, 0.05) is 38.4 Å². The van der Waals surface area contributed by atoms with E-state index in [1.54, 1.807) is 0 Å². The topological polar surface area (TPSA) is 48.5 Å². The molecule has 0 aliphatic rings. The number of hydrogen-bond donors (Lipinski definition) is 0. The van der Waals surface area contributed by atoms with Crippen molar-refractivity contribution in [2.24, 2.45) is 0 Å². The lowest BCUT2D eigenvalue weighted by Crippen LogP contribution is -2.06. The Morgan fingerprint density at radius 2 is 0.797 bits per heavy atom. The number of para-hydroxylation sites is 1. The van der Waals surface area contributed by atoms with Crippen LogP contribution in [0.4, 0.5) is 0 Å². The number of nitrogens with zero attached hydrogens (tertiary/aromatic N) is 5. The fourth-order valence-electron chi connectivity index (χ4n) is 9.85. The lowest BCUT2D eigenvalue weighted by atomic mass is 9.93. The van der Waals surface area contributed by atoms with E-state index in [2.05, 4.69) is 197 Å². The van der Waals surface area contributed by atoms with Crippen LogP contribution in [0.25, 0.3) is 122 Å². The molecule has 0 amide bonds. The largest absolute Gasteiger partial charge is 0.309 e. The molecule has 0 fully saturated rings. The van der Waals surface area contributed by atoms with E-state index in [1.165, 1.54) is 60.0 Å². The molecule has 64 heavy (non-hydrogen) atoms. The maximum Gasteiger partial charge on any atom is 0.238 e. The first-order valence-corrected chi connectivity index (χ1v) is 21.7. The van der Waals surface area contributed by atoms with Crippen LogP contribution in [0.15, 0.2) is 224 Å². The minimum absolute atomic E-state index is 0.574. The second-order valence-corrected chi connectivity index (χ2v) is 16.4. The van der Waals surface area contributed by atoms with Crippen LogP contribution in [0.5, 0.6) is 0 Å². The van der Waals surface area contributed by atoms with Gasteiger partial charge in [-0.3, -0.25) is 4.57 Å². The highest BCUT2D eigenvalue weighted by Gasteiger charge is 2.22. The first kappa shape index (κ1) is 36.0. The average Bonchev–Trinajstić information content (AvgIpc) is 3.90. The van der Waals surface area contributed by atoms with E-state index >= 15 is 0 Å². The fraction of sp³-hybridized carbons (Fsp3) is 0. The number of rotatable bonds is 6. The van der Waals surface area contributed by atoms with Crippen molar-refractivity contribution >= 4 is 65.2 Å². The van der Waals surface area contributed by atoms with Gasteiger partial charge in [0.2, 0.25) is 5.95 Å². The number of fused-ring (bicyclic) bond motifs is 10. The zero-order valence-electron chi connectivity index (χ0n) is 34.6. The molecular weight excluding hydrogens is 779 g/mol. The summed E-state index contributed by atoms with van der Waals surface area (Å²) < 4.78 is 4.66. The monoisotopic (exact) mass is 815 g/mol. The molecule has 13 rings (SSSR count). The molecule has 13 aromatic rings. The van der Waals surface area contributed by atoms with Gasteiger partial charge in [0.05, 0.1) is 22.1 Å². The van der Waals surface area contributed by atoms with Crippen LogP contribution < -0.4 is 0 Å². The molecule has 0 N–H and O–H groups in total. The third-order valence-electron chi connectivity index (χ3n) is 12.8. The number of aromatic nitrogens is 5. The molecule has 5 heteroatoms. The highest BCUT2D eigenvalue weighted by molar-refractivity contribution is 6.25. The average molecular weight is 816 g/mol. The van der Waals surface area contributed by atoms with Gasteiger partial charge < -0.3 is 4.57 Å². The van der Waals surface area contributed by atoms with Gasteiger partial charge in [-0.05, 0) is 86.3 Å². The SMILES string of the molecule is c1ccc(-c2ccc(-n3c4ccccc4c4c5ccccc5c(-c5ccc6c(c5)c5c7ccccc7ccc5n6-c5nc(-c6ccccc6)nc(-c6ccccc6)n5)cc43)cc2)cc1. The number of benzene rings is 10. The summed E-state index contributed by atoms with van der Waals surface area (Å²) >= 11 is 0. The quantitative estimate of drug-likeness (QED) is 0.168. The zero-order chi connectivity index (χ0) is 42.1. The van der Waals surface area contributed by atoms with E-state index in [1.807, 2.05) is 36.4 Å². The molecule has 0 aliphatic heterocycles. The van der Waals surface area contributed by atoms with Gasteiger partial charge in [-0.15, -0.1) is 0 Å². The summed E-state index contributed by atoms with van der Waals surface area (Å²) in [5.41, 5.74) is 12.1. The van der Waals surface area contributed by atoms with Crippen LogP contribution in [0, 0.1) is 0 Å². The molecule has 10 aromatic carbocycles. The Hall–Kier alpha value is -8.67. The minimum atomic E-state index is 0.574. The molecule has 5 nitrogen and oxygen atoms in total. The molecule has 0 spiro atoms. The van der Waals surface area contributed by atoms with Crippen LogP contribution in [0.1, 0.15) is 0 Å². The smallest absolute Gasteiger partial charge is 0.238 e. The molecule has 0 bridgehead atoms. The third kappa shape index (κ3) is 5.68. The van der Waals surface area contributed by atoms with E-state index in [9.17, 15) is 0 Å². The Labute approximate surface area is 368 Å². The lowest BCUT2D eigenvalue weighted by molar-refractivity contribution is 0.953. The summed E-state index contributed by atoms with van der Waals surface area (Å²) in [6.45, 7) is 0. The van der Waals surface area contributed by atoms with Crippen LogP contribution in [-0.4, -0.2) is 24.1 Å². The molecule has 0 saturated heterocycles. The van der Waals surface area contributed by atoms with Crippen molar-refractivity contribution in [2.75, 3.05) is 0 Å². The highest BCUT2D eigenvalue weighted by Crippen LogP contribution is 2.44. The lowest BCUT2D eigenvalue weighted by Gasteiger charge is -2.13. The summed E-state index contributed by atoms with van der Waals surface area (Å²) in [5.74, 6) is 1.83. The van der Waals surface area contributed by atoms with Gasteiger partial charge in [0.15, 0.2) is 11.6 Å². The van der Waals surface area contributed by atoms with E-state index in [0.717, 1.165) is 44.2 Å². The molecule has 0 unspecified atom stereocenters. The van der Waals surface area contributed by atoms with E-state index in [0.29, 0.717) is 17.6 Å². The van der Waals surface area contributed by atoms with Crippen molar-refractivity contribution in [2.45, 2.75) is 0 Å². The maximum atomic E-state index is 5.23. The molecule has 0 radical (unpaired) electrons. The minimum Gasteiger partial charge on any atom is -0.309 e. The van der Waals surface area contributed by atoms with Crippen LogP contribution in [0.2, 0.25) is 0 Å². The van der Waals surface area contributed by atoms with Gasteiger partial charge >= 0.3 is 0 Å². The second kappa shape index (κ2) is 14.5. The van der Waals surface area contributed by atoms with Gasteiger partial charge in [0.25, 0.3) is 0 Å². The van der Waals surface area contributed by atoms with Gasteiger partial charge in [0.1, 0.15) is 0 Å². The van der Waals surface area contributed by atoms with Crippen LogP contribution in [0.3, 0.4) is 0 Å². The third-order valence-corrected chi connectivity index (χ3v) is 12.8. The second-order valence-electron chi connectivity index (χ2n) is 16.4. The van der Waals surface area contributed by atoms with Gasteiger partial charge in [-0.2, -0.15) is 9.97 Å². The van der Waals surface area contributed by atoms with Crippen LogP contribution in [-0.2, 0) is 0 Å². The molecule has 3 aromatic heterocycles. The van der Waals surface area contributed by atoms with E-state index in [4.69, 9.17) is 15.0 Å². The molecule has 298 valence electrons. The molecule has 0 atom stereocenters. The number of hydrogen-bond acceptors (Lipinski definition) is 3. The Morgan fingerprint density at radius 3 is 1.50 bits per heavy atom. The Kier molecular flexibility index (Phi) is 8.15. The van der Waals surface area contributed by atoms with Gasteiger partial charge in [-0.1, -0.05) is 182 Å². The summed E-state index contributed by atoms with van der Waals surface area (Å²) in [4.78, 5) is 15.5. The predicted octanol–water partition coefficient (Wildman–Crippen LogP) is 15.0. The van der Waals surface area contributed by atoms with Crippen molar-refractivity contribution in [3.63, 3.8) is 0 Å². The van der Waals surface area contributed by atoms with Crippen molar-refractivity contribution < 1.29 is 0 Å². The summed E-state index contributed by atoms with van der Waals surface area (Å²) in [5, 5.41) is 9.59. The highest BCUT2D eigenvalue weighted by atomic mass is 15.2. The van der Waals surface area contributed by atoms with E-state index < -0.39 is 0 Å². The first-order chi connectivity index (χ1) is 31.7. The first-order valence-electron chi connectivity index (χ1n) is 21.7. The van der Waals surface area contributed by atoms with Crippen molar-refractivity contribution in [3.8, 4) is 56.7 Å². The Morgan fingerprint density at radius 1 is 0.281 bits per heavy atom. The summed E-state index contributed by atoms with van der Waals surface area (Å²) in [6, 6.07) is 80.0. The summed E-state index contributed by atoms with van der Waals surface area (Å²) in [7, 11) is 0. The maximum absolute atomic E-state index is 5.23. The predicted molar refractivity (Wildman–Crippen MR) is 265 cm³/mol. The van der Waals surface area contributed by atoms with Crippen LogP contribution >= 0.6 is 0 Å². The van der Waals surface area contributed by atoms with Crippen molar-refractivity contribution in [3.05, 3.63) is 224 Å².